The van der Waals surface area contributed by atoms with Gasteiger partial charge in [-0.1, -0.05) is 25.1 Å². The van der Waals surface area contributed by atoms with Crippen LogP contribution in [0.3, 0.4) is 0 Å². The van der Waals surface area contributed by atoms with Crippen LogP contribution in [0.5, 0.6) is 0 Å². The molecule has 2 nitrogen and oxygen atoms in total. The third-order valence-corrected chi connectivity index (χ3v) is 3.16. The van der Waals surface area contributed by atoms with E-state index in [1.54, 1.807) is 18.3 Å². The summed E-state index contributed by atoms with van der Waals surface area (Å²) in [6, 6.07) is 10.9. The zero-order valence-electron chi connectivity index (χ0n) is 11.4. The van der Waals surface area contributed by atoms with Crippen molar-refractivity contribution in [3.05, 3.63) is 65.2 Å². The number of likely N-dealkylation sites (N-methyl/N-ethyl adjacent to an activating group) is 1. The van der Waals surface area contributed by atoms with Gasteiger partial charge in [0.1, 0.15) is 5.82 Å². The van der Waals surface area contributed by atoms with Crippen LogP contribution in [0, 0.1) is 12.7 Å². The van der Waals surface area contributed by atoms with Crippen molar-refractivity contribution in [2.75, 3.05) is 6.54 Å². The lowest BCUT2D eigenvalue weighted by Gasteiger charge is -2.19. The van der Waals surface area contributed by atoms with Gasteiger partial charge in [0, 0.05) is 6.20 Å². The Morgan fingerprint density at radius 2 is 2.11 bits per heavy atom. The maximum Gasteiger partial charge on any atom is 0.123 e. The summed E-state index contributed by atoms with van der Waals surface area (Å²) < 4.78 is 13.2. The summed E-state index contributed by atoms with van der Waals surface area (Å²) in [7, 11) is 0. The van der Waals surface area contributed by atoms with E-state index in [0.29, 0.717) is 0 Å². The second kappa shape index (κ2) is 6.43. The first kappa shape index (κ1) is 13.7. The molecule has 1 atom stereocenters. The van der Waals surface area contributed by atoms with E-state index in [-0.39, 0.29) is 11.9 Å². The van der Waals surface area contributed by atoms with E-state index in [0.717, 1.165) is 29.8 Å². The van der Waals surface area contributed by atoms with Gasteiger partial charge in [-0.05, 0) is 49.2 Å². The van der Waals surface area contributed by atoms with Gasteiger partial charge in [0.15, 0.2) is 0 Å². The summed E-state index contributed by atoms with van der Waals surface area (Å²) in [5.74, 6) is -0.189. The zero-order chi connectivity index (χ0) is 13.7. The van der Waals surface area contributed by atoms with Gasteiger partial charge in [-0.3, -0.25) is 4.98 Å². The maximum absolute atomic E-state index is 13.2. The Hall–Kier alpha value is -1.74. The predicted molar refractivity (Wildman–Crippen MR) is 75.5 cm³/mol. The zero-order valence-corrected chi connectivity index (χ0v) is 11.4. The predicted octanol–water partition coefficient (Wildman–Crippen LogP) is 3.42. The number of aryl methyl sites for hydroxylation is 1. The molecule has 1 aromatic heterocycles. The van der Waals surface area contributed by atoms with Crippen molar-refractivity contribution in [2.45, 2.75) is 26.3 Å². The second-order valence-corrected chi connectivity index (χ2v) is 4.65. The fourth-order valence-corrected chi connectivity index (χ4v) is 2.27. The number of benzene rings is 1. The summed E-state index contributed by atoms with van der Waals surface area (Å²) in [6.07, 6.45) is 2.54. The molecule has 1 aromatic carbocycles. The molecule has 0 amide bonds. The molecule has 0 aliphatic rings. The number of halogens is 1. The highest BCUT2D eigenvalue weighted by Crippen LogP contribution is 2.20. The largest absolute Gasteiger partial charge is 0.309 e. The van der Waals surface area contributed by atoms with Gasteiger partial charge in [0.2, 0.25) is 0 Å². The molecule has 1 unspecified atom stereocenters. The molecule has 1 N–H and O–H groups in total. The van der Waals surface area contributed by atoms with Crippen LogP contribution in [0.4, 0.5) is 4.39 Å². The summed E-state index contributed by atoms with van der Waals surface area (Å²) in [4.78, 5) is 4.46. The van der Waals surface area contributed by atoms with E-state index < -0.39 is 0 Å². The van der Waals surface area contributed by atoms with E-state index >= 15 is 0 Å². The van der Waals surface area contributed by atoms with Crippen molar-refractivity contribution < 1.29 is 4.39 Å². The van der Waals surface area contributed by atoms with E-state index in [1.807, 2.05) is 12.1 Å². The maximum atomic E-state index is 13.2. The van der Waals surface area contributed by atoms with Gasteiger partial charge >= 0.3 is 0 Å². The third-order valence-electron chi connectivity index (χ3n) is 3.16. The lowest BCUT2D eigenvalue weighted by Crippen LogP contribution is -2.24. The molecule has 100 valence electrons. The molecule has 0 fully saturated rings. The fraction of sp³-hybridized carbons (Fsp3) is 0.312. The highest BCUT2D eigenvalue weighted by molar-refractivity contribution is 5.25. The Bertz CT molecular complexity index is 540. The van der Waals surface area contributed by atoms with Crippen LogP contribution in [0.1, 0.15) is 29.8 Å². The normalized spacial score (nSPS) is 12.4. The first-order chi connectivity index (χ1) is 9.20. The Kier molecular flexibility index (Phi) is 4.63. The molecular formula is C16H19FN2. The SMILES string of the molecule is CCNC(Cc1cccc(F)c1)c1ncccc1C. The number of rotatable bonds is 5. The van der Waals surface area contributed by atoms with Gasteiger partial charge in [-0.2, -0.15) is 0 Å². The molecule has 19 heavy (non-hydrogen) atoms. The summed E-state index contributed by atoms with van der Waals surface area (Å²) >= 11 is 0. The topological polar surface area (TPSA) is 24.9 Å². The monoisotopic (exact) mass is 258 g/mol. The Labute approximate surface area is 113 Å². The average molecular weight is 258 g/mol. The van der Waals surface area contributed by atoms with Crippen molar-refractivity contribution in [2.24, 2.45) is 0 Å². The van der Waals surface area contributed by atoms with Crippen LogP contribution in [-0.2, 0) is 6.42 Å². The lowest BCUT2D eigenvalue weighted by molar-refractivity contribution is 0.531. The number of aromatic nitrogens is 1. The lowest BCUT2D eigenvalue weighted by atomic mass is 10.00. The van der Waals surface area contributed by atoms with Gasteiger partial charge in [-0.25, -0.2) is 4.39 Å². The first-order valence-corrected chi connectivity index (χ1v) is 6.60. The quantitative estimate of drug-likeness (QED) is 0.888. The number of nitrogens with one attached hydrogen (secondary N) is 1. The standard InChI is InChI=1S/C16H19FN2/c1-3-18-15(16-12(2)6-5-9-19-16)11-13-7-4-8-14(17)10-13/h4-10,15,18H,3,11H2,1-2H3. The minimum Gasteiger partial charge on any atom is -0.309 e. The average Bonchev–Trinajstić information content (AvgIpc) is 2.39. The van der Waals surface area contributed by atoms with Crippen LogP contribution in [0.25, 0.3) is 0 Å². The van der Waals surface area contributed by atoms with Crippen LogP contribution >= 0.6 is 0 Å². The fourth-order valence-electron chi connectivity index (χ4n) is 2.27. The summed E-state index contributed by atoms with van der Waals surface area (Å²) in [5.41, 5.74) is 3.18. The molecule has 3 heteroatoms. The molecule has 0 saturated carbocycles. The van der Waals surface area contributed by atoms with Crippen LogP contribution in [0.2, 0.25) is 0 Å². The molecule has 2 aromatic rings. The molecule has 0 bridgehead atoms. The molecular weight excluding hydrogens is 239 g/mol. The van der Waals surface area contributed by atoms with Crippen molar-refractivity contribution in [3.8, 4) is 0 Å². The van der Waals surface area contributed by atoms with E-state index in [2.05, 4.69) is 30.2 Å². The van der Waals surface area contributed by atoms with Gasteiger partial charge in [0.25, 0.3) is 0 Å². The number of hydrogen-bond donors (Lipinski definition) is 1. The first-order valence-electron chi connectivity index (χ1n) is 6.60. The molecule has 1 heterocycles. The molecule has 0 radical (unpaired) electrons. The minimum atomic E-state index is -0.189. The van der Waals surface area contributed by atoms with Gasteiger partial charge in [0.05, 0.1) is 11.7 Å². The number of nitrogens with zero attached hydrogens (tertiary/aromatic N) is 1. The Balaban J connectivity index is 2.24. The molecule has 2 rings (SSSR count). The third kappa shape index (κ3) is 3.61. The Morgan fingerprint density at radius 3 is 2.79 bits per heavy atom. The van der Waals surface area contributed by atoms with Crippen molar-refractivity contribution in [1.29, 1.82) is 0 Å². The summed E-state index contributed by atoms with van der Waals surface area (Å²) in [5, 5.41) is 3.42. The smallest absolute Gasteiger partial charge is 0.123 e. The van der Waals surface area contributed by atoms with Crippen molar-refractivity contribution in [1.82, 2.24) is 10.3 Å². The Morgan fingerprint density at radius 1 is 1.26 bits per heavy atom. The van der Waals surface area contributed by atoms with Crippen molar-refractivity contribution >= 4 is 0 Å². The number of hydrogen-bond acceptors (Lipinski definition) is 2. The van der Waals surface area contributed by atoms with Crippen molar-refractivity contribution in [3.63, 3.8) is 0 Å². The highest BCUT2D eigenvalue weighted by atomic mass is 19.1. The molecule has 0 spiro atoms. The summed E-state index contributed by atoms with van der Waals surface area (Å²) in [6.45, 7) is 4.98. The number of pyridine rings is 1. The highest BCUT2D eigenvalue weighted by Gasteiger charge is 2.14. The molecule has 0 aliphatic heterocycles. The van der Waals surface area contributed by atoms with E-state index in [9.17, 15) is 4.39 Å². The molecule has 0 saturated heterocycles. The van der Waals surface area contributed by atoms with E-state index in [4.69, 9.17) is 0 Å². The van der Waals surface area contributed by atoms with Gasteiger partial charge < -0.3 is 5.32 Å². The molecule has 0 aliphatic carbocycles. The van der Waals surface area contributed by atoms with Gasteiger partial charge in [-0.15, -0.1) is 0 Å². The second-order valence-electron chi connectivity index (χ2n) is 4.65. The van der Waals surface area contributed by atoms with Crippen LogP contribution in [0.15, 0.2) is 42.6 Å². The van der Waals surface area contributed by atoms with Crippen LogP contribution in [-0.4, -0.2) is 11.5 Å². The van der Waals surface area contributed by atoms with E-state index in [1.165, 1.54) is 6.07 Å². The van der Waals surface area contributed by atoms with Crippen LogP contribution < -0.4 is 5.32 Å². The minimum absolute atomic E-state index is 0.119.